The van der Waals surface area contributed by atoms with Crippen molar-refractivity contribution in [1.29, 1.82) is 0 Å². The zero-order chi connectivity index (χ0) is 26.5. The fourth-order valence-electron chi connectivity index (χ4n) is 3.92. The average molecular weight is 501 g/mol. The number of hydrogen-bond donors (Lipinski definition) is 2. The number of barbiturate groups is 1. The highest BCUT2D eigenvalue weighted by atomic mass is 16.5. The molecule has 1 fully saturated rings. The van der Waals surface area contributed by atoms with Crippen LogP contribution in [0.2, 0.25) is 0 Å². The number of imide groups is 2. The summed E-state index contributed by atoms with van der Waals surface area (Å²) in [6.45, 7) is 2.01. The number of para-hydroxylation sites is 1. The third-order valence-corrected chi connectivity index (χ3v) is 5.78. The summed E-state index contributed by atoms with van der Waals surface area (Å²) in [5, 5.41) is 11.4. The number of carbonyl (C=O) groups excluding carboxylic acids is 3. The summed E-state index contributed by atoms with van der Waals surface area (Å²) in [4.78, 5) is 50.5. The lowest BCUT2D eigenvalue weighted by Crippen LogP contribution is -2.54. The molecule has 9 nitrogen and oxygen atoms in total. The van der Waals surface area contributed by atoms with Crippen LogP contribution in [0.3, 0.4) is 0 Å². The van der Waals surface area contributed by atoms with Crippen LogP contribution in [0.4, 0.5) is 10.5 Å². The van der Waals surface area contributed by atoms with Crippen LogP contribution in [0.25, 0.3) is 6.08 Å². The van der Waals surface area contributed by atoms with Gasteiger partial charge in [0.25, 0.3) is 11.8 Å². The highest BCUT2D eigenvalue weighted by molar-refractivity contribution is 6.39. The van der Waals surface area contributed by atoms with Gasteiger partial charge in [-0.05, 0) is 59.5 Å². The highest BCUT2D eigenvalue weighted by Crippen LogP contribution is 2.31. The largest absolute Gasteiger partial charge is 0.493 e. The summed E-state index contributed by atoms with van der Waals surface area (Å²) >= 11 is 0. The lowest BCUT2D eigenvalue weighted by molar-refractivity contribution is -0.122. The summed E-state index contributed by atoms with van der Waals surface area (Å²) in [6.07, 6.45) is 1.98. The van der Waals surface area contributed by atoms with Crippen molar-refractivity contribution in [3.63, 3.8) is 0 Å². The molecular formula is C28H24N2O7. The zero-order valence-electron chi connectivity index (χ0n) is 20.2. The van der Waals surface area contributed by atoms with E-state index in [1.54, 1.807) is 42.5 Å². The van der Waals surface area contributed by atoms with Gasteiger partial charge in [-0.15, -0.1) is 0 Å². The van der Waals surface area contributed by atoms with E-state index in [0.717, 1.165) is 10.5 Å². The molecule has 0 aromatic heterocycles. The average Bonchev–Trinajstić information content (AvgIpc) is 2.90. The van der Waals surface area contributed by atoms with Crippen molar-refractivity contribution in [3.05, 3.63) is 94.6 Å². The van der Waals surface area contributed by atoms with Gasteiger partial charge in [0.2, 0.25) is 0 Å². The number of aromatic carboxylic acids is 1. The maximum Gasteiger partial charge on any atom is 0.335 e. The molecule has 4 rings (SSSR count). The second kappa shape index (κ2) is 10.8. The Bertz CT molecular complexity index is 1430. The topological polar surface area (TPSA) is 122 Å². The molecule has 0 radical (unpaired) electrons. The van der Waals surface area contributed by atoms with Gasteiger partial charge < -0.3 is 14.6 Å². The number of rotatable bonds is 8. The van der Waals surface area contributed by atoms with Crippen LogP contribution >= 0.6 is 0 Å². The number of ether oxygens (including phenoxy) is 2. The molecule has 1 aliphatic heterocycles. The van der Waals surface area contributed by atoms with Gasteiger partial charge in [0, 0.05) is 0 Å². The number of carbonyl (C=O) groups is 4. The number of urea groups is 1. The van der Waals surface area contributed by atoms with Crippen LogP contribution in [0.1, 0.15) is 34.0 Å². The van der Waals surface area contributed by atoms with E-state index >= 15 is 0 Å². The second-order valence-electron chi connectivity index (χ2n) is 8.14. The fourth-order valence-corrected chi connectivity index (χ4v) is 3.92. The van der Waals surface area contributed by atoms with Crippen molar-refractivity contribution < 1.29 is 33.8 Å². The summed E-state index contributed by atoms with van der Waals surface area (Å²) < 4.78 is 11.2. The molecule has 3 aromatic carbocycles. The van der Waals surface area contributed by atoms with E-state index in [4.69, 9.17) is 14.6 Å². The van der Waals surface area contributed by atoms with Gasteiger partial charge in [-0.1, -0.05) is 43.3 Å². The van der Waals surface area contributed by atoms with Crippen LogP contribution in [0.15, 0.2) is 72.3 Å². The molecule has 2 N–H and O–H groups in total. The summed E-state index contributed by atoms with van der Waals surface area (Å²) in [6, 6.07) is 17.4. The minimum absolute atomic E-state index is 0.104. The third-order valence-electron chi connectivity index (χ3n) is 5.78. The van der Waals surface area contributed by atoms with Gasteiger partial charge in [0.05, 0.1) is 18.4 Å². The Kier molecular flexibility index (Phi) is 7.34. The van der Waals surface area contributed by atoms with Crippen LogP contribution in [0, 0.1) is 0 Å². The zero-order valence-corrected chi connectivity index (χ0v) is 20.2. The number of hydrogen-bond acceptors (Lipinski definition) is 6. The Balaban J connectivity index is 1.59. The van der Waals surface area contributed by atoms with Crippen molar-refractivity contribution in [2.24, 2.45) is 0 Å². The molecule has 0 saturated carbocycles. The molecule has 3 aromatic rings. The van der Waals surface area contributed by atoms with Crippen LogP contribution in [-0.4, -0.2) is 36.0 Å². The van der Waals surface area contributed by atoms with Gasteiger partial charge in [-0.2, -0.15) is 0 Å². The Morgan fingerprint density at radius 2 is 1.78 bits per heavy atom. The number of benzene rings is 3. The summed E-state index contributed by atoms with van der Waals surface area (Å²) in [5.41, 5.74) is 2.30. The first-order chi connectivity index (χ1) is 17.8. The number of nitrogens with one attached hydrogen (secondary N) is 1. The highest BCUT2D eigenvalue weighted by Gasteiger charge is 2.37. The van der Waals surface area contributed by atoms with Crippen LogP contribution < -0.4 is 19.7 Å². The molecule has 0 aliphatic carbocycles. The number of anilines is 1. The third kappa shape index (κ3) is 5.35. The molecule has 9 heteroatoms. The Hall–Kier alpha value is -4.92. The molecule has 4 amide bonds. The van der Waals surface area contributed by atoms with Crippen LogP contribution in [0.5, 0.6) is 11.5 Å². The van der Waals surface area contributed by atoms with Gasteiger partial charge >= 0.3 is 12.0 Å². The van der Waals surface area contributed by atoms with E-state index in [9.17, 15) is 19.2 Å². The molecule has 1 aliphatic rings. The molecule has 0 spiro atoms. The Labute approximate surface area is 212 Å². The van der Waals surface area contributed by atoms with Crippen molar-refractivity contribution >= 4 is 35.6 Å². The van der Waals surface area contributed by atoms with Gasteiger partial charge in [0.1, 0.15) is 12.2 Å². The number of nitrogens with zero attached hydrogens (tertiary/aromatic N) is 1. The fraction of sp³-hybridized carbons (Fsp3) is 0.143. The SMILES string of the molecule is CCc1ccccc1N1C(=O)NC(=O)/C(=C\c2ccc(OCc3cccc(C(=O)O)c3)c(OC)c2)C1=O. The normalized spacial score (nSPS) is 14.5. The predicted octanol–water partition coefficient (Wildman–Crippen LogP) is 4.20. The number of amides is 4. The minimum Gasteiger partial charge on any atom is -0.493 e. The summed E-state index contributed by atoms with van der Waals surface area (Å²) in [7, 11) is 1.45. The number of methoxy groups -OCH3 is 1. The van der Waals surface area contributed by atoms with E-state index in [0.29, 0.717) is 34.7 Å². The predicted molar refractivity (Wildman–Crippen MR) is 136 cm³/mol. The Morgan fingerprint density at radius 3 is 2.51 bits per heavy atom. The molecule has 0 bridgehead atoms. The van der Waals surface area contributed by atoms with E-state index in [-0.39, 0.29) is 17.7 Å². The van der Waals surface area contributed by atoms with E-state index in [1.807, 2.05) is 19.1 Å². The van der Waals surface area contributed by atoms with Crippen molar-refractivity contribution in [3.8, 4) is 11.5 Å². The standard InChI is InChI=1S/C28H24N2O7/c1-3-19-8-4-5-10-22(19)30-26(32)21(25(31)29-28(30)35)14-17-11-12-23(24(15-17)36-2)37-16-18-7-6-9-20(13-18)27(33)34/h4-15H,3,16H2,1-2H3,(H,33,34)(H,29,31,35)/b21-14+. The molecule has 1 saturated heterocycles. The quantitative estimate of drug-likeness (QED) is 0.351. The van der Waals surface area contributed by atoms with Crippen LogP contribution in [-0.2, 0) is 22.6 Å². The lowest BCUT2D eigenvalue weighted by Gasteiger charge is -2.28. The second-order valence-corrected chi connectivity index (χ2v) is 8.14. The van der Waals surface area contributed by atoms with E-state index < -0.39 is 23.8 Å². The maximum absolute atomic E-state index is 13.3. The summed E-state index contributed by atoms with van der Waals surface area (Å²) in [5.74, 6) is -1.82. The molecule has 0 atom stereocenters. The van der Waals surface area contributed by atoms with Gasteiger partial charge in [0.15, 0.2) is 11.5 Å². The van der Waals surface area contributed by atoms with Crippen molar-refractivity contribution in [1.82, 2.24) is 5.32 Å². The number of carboxylic acid groups (broad SMARTS) is 1. The van der Waals surface area contributed by atoms with Crippen molar-refractivity contribution in [2.75, 3.05) is 12.0 Å². The van der Waals surface area contributed by atoms with E-state index in [2.05, 4.69) is 5.32 Å². The monoisotopic (exact) mass is 500 g/mol. The van der Waals surface area contributed by atoms with Crippen molar-refractivity contribution in [2.45, 2.75) is 20.0 Å². The molecular weight excluding hydrogens is 476 g/mol. The number of aryl methyl sites for hydroxylation is 1. The maximum atomic E-state index is 13.3. The first-order valence-electron chi connectivity index (χ1n) is 11.4. The Morgan fingerprint density at radius 1 is 1.00 bits per heavy atom. The smallest absolute Gasteiger partial charge is 0.335 e. The minimum atomic E-state index is -1.03. The lowest BCUT2D eigenvalue weighted by atomic mass is 10.0. The number of carboxylic acids is 1. The molecule has 0 unspecified atom stereocenters. The first kappa shape index (κ1) is 25.2. The molecule has 188 valence electrons. The van der Waals surface area contributed by atoms with Gasteiger partial charge in [-0.3, -0.25) is 14.9 Å². The van der Waals surface area contributed by atoms with E-state index in [1.165, 1.54) is 25.3 Å². The first-order valence-corrected chi connectivity index (χ1v) is 11.4. The molecule has 1 heterocycles. The molecule has 37 heavy (non-hydrogen) atoms. The van der Waals surface area contributed by atoms with Gasteiger partial charge in [-0.25, -0.2) is 14.5 Å².